The van der Waals surface area contributed by atoms with Gasteiger partial charge in [-0.25, -0.2) is 0 Å². The fraction of sp³-hybridized carbons (Fsp3) is 0.533. The van der Waals surface area contributed by atoms with E-state index in [1.165, 1.54) is 12.8 Å². The molecular weight excluding hydrogens is 240 g/mol. The summed E-state index contributed by atoms with van der Waals surface area (Å²) >= 11 is 0. The number of hydrogen-bond acceptors (Lipinski definition) is 3. The third-order valence-corrected chi connectivity index (χ3v) is 3.39. The van der Waals surface area contributed by atoms with Gasteiger partial charge in [0.25, 0.3) is 5.91 Å². The Balaban J connectivity index is 1.77. The molecule has 1 aliphatic carbocycles. The number of carbonyl (C=O) groups excluding carboxylic acids is 1. The maximum Gasteiger partial charge on any atom is 0.253 e. The lowest BCUT2D eigenvalue weighted by Gasteiger charge is -2.13. The number of nitrogens with one attached hydrogen (secondary N) is 1. The second kappa shape index (κ2) is 6.68. The Morgan fingerprint density at radius 3 is 3.00 bits per heavy atom. The van der Waals surface area contributed by atoms with E-state index < -0.39 is 6.10 Å². The van der Waals surface area contributed by atoms with Crippen molar-refractivity contribution < 1.29 is 9.53 Å². The maximum absolute atomic E-state index is 11.9. The van der Waals surface area contributed by atoms with Gasteiger partial charge in [0.15, 0.2) is 0 Å². The Bertz CT molecular complexity index is 430. The molecule has 0 heterocycles. The van der Waals surface area contributed by atoms with E-state index in [0.29, 0.717) is 13.2 Å². The molecule has 0 bridgehead atoms. The first-order chi connectivity index (χ1) is 9.19. The van der Waals surface area contributed by atoms with Crippen LogP contribution >= 0.6 is 0 Å². The van der Waals surface area contributed by atoms with E-state index in [9.17, 15) is 4.79 Å². The van der Waals surface area contributed by atoms with E-state index in [4.69, 9.17) is 10.5 Å². The Morgan fingerprint density at radius 1 is 1.53 bits per heavy atom. The summed E-state index contributed by atoms with van der Waals surface area (Å²) in [5, 5.41) is 2.85. The van der Waals surface area contributed by atoms with Crippen molar-refractivity contribution in [3.63, 3.8) is 0 Å². The second-order valence-electron chi connectivity index (χ2n) is 5.14. The van der Waals surface area contributed by atoms with Gasteiger partial charge in [-0.05, 0) is 37.0 Å². The average molecular weight is 262 g/mol. The average Bonchev–Trinajstić information content (AvgIpc) is 3.23. The first-order valence-electron chi connectivity index (χ1n) is 6.90. The van der Waals surface area contributed by atoms with Crippen LogP contribution in [0.1, 0.15) is 31.7 Å². The smallest absolute Gasteiger partial charge is 0.253 e. The number of carbonyl (C=O) groups is 1. The van der Waals surface area contributed by atoms with Crippen LogP contribution < -0.4 is 11.1 Å². The standard InChI is InChI=1S/C15H22N2O2/c1-11(19-8-7-12-5-6-12)15(18)17-14-4-2-3-13(9-14)10-16/h2-4,9,11-12H,5-8,10,16H2,1H3,(H,17,18). The summed E-state index contributed by atoms with van der Waals surface area (Å²) in [5.74, 6) is 0.724. The van der Waals surface area contributed by atoms with E-state index >= 15 is 0 Å². The van der Waals surface area contributed by atoms with Crippen LogP contribution in [0.4, 0.5) is 5.69 Å². The number of rotatable bonds is 7. The predicted molar refractivity (Wildman–Crippen MR) is 75.7 cm³/mol. The van der Waals surface area contributed by atoms with Crippen LogP contribution in [0.5, 0.6) is 0 Å². The van der Waals surface area contributed by atoms with Crippen LogP contribution in [-0.4, -0.2) is 18.6 Å². The minimum atomic E-state index is -0.416. The van der Waals surface area contributed by atoms with Crippen molar-refractivity contribution in [1.82, 2.24) is 0 Å². The summed E-state index contributed by atoms with van der Waals surface area (Å²) in [6.45, 7) is 2.92. The summed E-state index contributed by atoms with van der Waals surface area (Å²) in [6, 6.07) is 7.56. The molecule has 0 aromatic heterocycles. The van der Waals surface area contributed by atoms with E-state index in [1.54, 1.807) is 6.92 Å². The number of benzene rings is 1. The molecule has 0 aliphatic heterocycles. The lowest BCUT2D eigenvalue weighted by atomic mass is 10.2. The summed E-state index contributed by atoms with van der Waals surface area (Å²) in [4.78, 5) is 11.9. The number of hydrogen-bond donors (Lipinski definition) is 2. The first kappa shape index (κ1) is 14.0. The number of nitrogens with two attached hydrogens (primary N) is 1. The molecule has 0 saturated heterocycles. The molecule has 1 unspecified atom stereocenters. The third-order valence-electron chi connectivity index (χ3n) is 3.39. The Kier molecular flexibility index (Phi) is 4.93. The van der Waals surface area contributed by atoms with Crippen LogP contribution in [0.15, 0.2) is 24.3 Å². The topological polar surface area (TPSA) is 64.3 Å². The molecule has 2 rings (SSSR count). The van der Waals surface area contributed by atoms with Crippen molar-refractivity contribution in [2.45, 2.75) is 38.8 Å². The van der Waals surface area contributed by atoms with Crippen LogP contribution in [0, 0.1) is 5.92 Å². The summed E-state index contributed by atoms with van der Waals surface area (Å²) < 4.78 is 5.55. The molecular formula is C15H22N2O2. The number of ether oxygens (including phenoxy) is 1. The molecule has 3 N–H and O–H groups in total. The second-order valence-corrected chi connectivity index (χ2v) is 5.14. The summed E-state index contributed by atoms with van der Waals surface area (Å²) in [5.41, 5.74) is 7.34. The molecule has 1 aromatic carbocycles. The van der Waals surface area contributed by atoms with Crippen molar-refractivity contribution in [1.29, 1.82) is 0 Å². The van der Waals surface area contributed by atoms with Crippen molar-refractivity contribution >= 4 is 11.6 Å². The van der Waals surface area contributed by atoms with Gasteiger partial charge in [0.05, 0.1) is 0 Å². The third kappa shape index (κ3) is 4.65. The quantitative estimate of drug-likeness (QED) is 0.792. The molecule has 4 nitrogen and oxygen atoms in total. The largest absolute Gasteiger partial charge is 0.369 e. The zero-order valence-electron chi connectivity index (χ0n) is 11.4. The monoisotopic (exact) mass is 262 g/mol. The highest BCUT2D eigenvalue weighted by Crippen LogP contribution is 2.32. The van der Waals surface area contributed by atoms with Crippen LogP contribution in [0.25, 0.3) is 0 Å². The molecule has 4 heteroatoms. The molecule has 104 valence electrons. The fourth-order valence-electron chi connectivity index (χ4n) is 1.91. The van der Waals surface area contributed by atoms with Crippen LogP contribution in [-0.2, 0) is 16.1 Å². The minimum Gasteiger partial charge on any atom is -0.369 e. The lowest BCUT2D eigenvalue weighted by molar-refractivity contribution is -0.126. The van der Waals surface area contributed by atoms with Crippen LogP contribution in [0.3, 0.4) is 0 Å². The lowest BCUT2D eigenvalue weighted by Crippen LogP contribution is -2.28. The summed E-state index contributed by atoms with van der Waals surface area (Å²) in [6.07, 6.45) is 3.28. The van der Waals surface area contributed by atoms with Gasteiger partial charge in [0.1, 0.15) is 6.10 Å². The Morgan fingerprint density at radius 2 is 2.32 bits per heavy atom. The van der Waals surface area contributed by atoms with E-state index in [-0.39, 0.29) is 5.91 Å². The van der Waals surface area contributed by atoms with Crippen molar-refractivity contribution in [3.8, 4) is 0 Å². The molecule has 1 aromatic rings. The fourth-order valence-corrected chi connectivity index (χ4v) is 1.91. The SMILES string of the molecule is CC(OCCC1CC1)C(=O)Nc1cccc(CN)c1. The van der Waals surface area contributed by atoms with Gasteiger partial charge >= 0.3 is 0 Å². The molecule has 0 radical (unpaired) electrons. The van der Waals surface area contributed by atoms with Crippen molar-refractivity contribution in [2.24, 2.45) is 11.7 Å². The summed E-state index contributed by atoms with van der Waals surface area (Å²) in [7, 11) is 0. The number of anilines is 1. The van der Waals surface area contributed by atoms with E-state index in [2.05, 4.69) is 5.32 Å². The van der Waals surface area contributed by atoms with Gasteiger partial charge in [-0.2, -0.15) is 0 Å². The predicted octanol–water partition coefficient (Wildman–Crippen LogP) is 2.29. The molecule has 1 amide bonds. The number of amides is 1. The Hall–Kier alpha value is -1.39. The van der Waals surface area contributed by atoms with E-state index in [0.717, 1.165) is 23.6 Å². The molecule has 1 saturated carbocycles. The van der Waals surface area contributed by atoms with Crippen molar-refractivity contribution in [3.05, 3.63) is 29.8 Å². The van der Waals surface area contributed by atoms with Gasteiger partial charge in [-0.1, -0.05) is 25.0 Å². The minimum absolute atomic E-state index is 0.107. The highest BCUT2D eigenvalue weighted by molar-refractivity contribution is 5.93. The highest BCUT2D eigenvalue weighted by Gasteiger charge is 2.21. The van der Waals surface area contributed by atoms with Crippen molar-refractivity contribution in [2.75, 3.05) is 11.9 Å². The normalized spacial score (nSPS) is 16.1. The molecule has 0 spiro atoms. The van der Waals surface area contributed by atoms with Crippen LogP contribution in [0.2, 0.25) is 0 Å². The van der Waals surface area contributed by atoms with Gasteiger partial charge in [-0.3, -0.25) is 4.79 Å². The van der Waals surface area contributed by atoms with Gasteiger partial charge in [-0.15, -0.1) is 0 Å². The molecule has 1 aliphatic rings. The molecule has 1 fully saturated rings. The van der Waals surface area contributed by atoms with Gasteiger partial charge in [0.2, 0.25) is 0 Å². The van der Waals surface area contributed by atoms with Gasteiger partial charge < -0.3 is 15.8 Å². The zero-order chi connectivity index (χ0) is 13.7. The Labute approximate surface area is 114 Å². The zero-order valence-corrected chi connectivity index (χ0v) is 11.4. The highest BCUT2D eigenvalue weighted by atomic mass is 16.5. The van der Waals surface area contributed by atoms with E-state index in [1.807, 2.05) is 24.3 Å². The molecule has 1 atom stereocenters. The maximum atomic E-state index is 11.9. The first-order valence-corrected chi connectivity index (χ1v) is 6.90. The van der Waals surface area contributed by atoms with Gasteiger partial charge in [0, 0.05) is 18.8 Å². The molecule has 19 heavy (non-hydrogen) atoms.